The molecule has 22 heavy (non-hydrogen) atoms. The molecule has 1 fully saturated rings. The van der Waals surface area contributed by atoms with Crippen molar-refractivity contribution in [2.75, 3.05) is 13.1 Å². The molecule has 1 saturated heterocycles. The normalized spacial score (nSPS) is 18.4. The summed E-state index contributed by atoms with van der Waals surface area (Å²) in [6.07, 6.45) is 1.51. The Balaban J connectivity index is 2.09. The first kappa shape index (κ1) is 16.3. The third-order valence-corrected chi connectivity index (χ3v) is 3.78. The molecule has 1 aromatic carbocycles. The number of piperidine rings is 1. The summed E-state index contributed by atoms with van der Waals surface area (Å²) < 4.78 is 13.8. The summed E-state index contributed by atoms with van der Waals surface area (Å²) in [5.41, 5.74) is -0.307. The van der Waals surface area contributed by atoms with E-state index in [1.165, 1.54) is 17.0 Å². The van der Waals surface area contributed by atoms with Gasteiger partial charge < -0.3 is 15.3 Å². The molecule has 0 spiro atoms. The number of amides is 2. The van der Waals surface area contributed by atoms with Gasteiger partial charge in [-0.1, -0.05) is 19.9 Å². The van der Waals surface area contributed by atoms with Crippen LogP contribution in [0, 0.1) is 11.7 Å². The molecule has 1 aliphatic heterocycles. The van der Waals surface area contributed by atoms with Crippen LogP contribution in [0.3, 0.4) is 0 Å². The molecule has 1 heterocycles. The van der Waals surface area contributed by atoms with E-state index >= 15 is 0 Å². The molecule has 2 rings (SSSR count). The van der Waals surface area contributed by atoms with Gasteiger partial charge in [-0.25, -0.2) is 4.39 Å². The average Bonchev–Trinajstić information content (AvgIpc) is 2.47. The Morgan fingerprint density at radius 2 is 2.14 bits per heavy atom. The lowest BCUT2D eigenvalue weighted by Gasteiger charge is -2.33. The zero-order valence-corrected chi connectivity index (χ0v) is 12.8. The molecule has 2 amide bonds. The van der Waals surface area contributed by atoms with E-state index < -0.39 is 11.7 Å². The van der Waals surface area contributed by atoms with E-state index in [0.29, 0.717) is 13.1 Å². The first-order chi connectivity index (χ1) is 10.4. The number of aromatic hydroxyl groups is 1. The monoisotopic (exact) mass is 308 g/mol. The maximum absolute atomic E-state index is 13.8. The molecule has 6 heteroatoms. The maximum atomic E-state index is 13.8. The van der Waals surface area contributed by atoms with E-state index in [4.69, 9.17) is 0 Å². The largest absolute Gasteiger partial charge is 0.507 e. The molecule has 0 radical (unpaired) electrons. The maximum Gasteiger partial charge on any atom is 0.260 e. The summed E-state index contributed by atoms with van der Waals surface area (Å²) in [6.45, 7) is 4.42. The predicted octanol–water partition coefficient (Wildman–Crippen LogP) is 1.91. The topological polar surface area (TPSA) is 69.6 Å². The summed E-state index contributed by atoms with van der Waals surface area (Å²) in [6, 6.07) is 3.65. The van der Waals surface area contributed by atoms with Crippen molar-refractivity contribution < 1.29 is 19.1 Å². The molecule has 0 unspecified atom stereocenters. The Hall–Kier alpha value is -2.11. The minimum atomic E-state index is -0.738. The van der Waals surface area contributed by atoms with Gasteiger partial charge >= 0.3 is 0 Å². The van der Waals surface area contributed by atoms with Crippen molar-refractivity contribution in [2.45, 2.75) is 32.7 Å². The van der Waals surface area contributed by atoms with Gasteiger partial charge in [0.15, 0.2) is 0 Å². The highest BCUT2D eigenvalue weighted by molar-refractivity contribution is 5.97. The van der Waals surface area contributed by atoms with E-state index in [-0.39, 0.29) is 29.2 Å². The molecule has 1 aliphatic rings. The molecule has 0 aliphatic carbocycles. The number of nitrogens with zero attached hydrogens (tertiary/aromatic N) is 1. The fourth-order valence-electron chi connectivity index (χ4n) is 2.53. The molecule has 2 N–H and O–H groups in total. The molecule has 5 nitrogen and oxygen atoms in total. The van der Waals surface area contributed by atoms with Crippen molar-refractivity contribution in [3.63, 3.8) is 0 Å². The summed E-state index contributed by atoms with van der Waals surface area (Å²) >= 11 is 0. The van der Waals surface area contributed by atoms with Crippen LogP contribution >= 0.6 is 0 Å². The van der Waals surface area contributed by atoms with Gasteiger partial charge in [0.25, 0.3) is 5.91 Å². The van der Waals surface area contributed by atoms with Gasteiger partial charge in [-0.3, -0.25) is 9.59 Å². The Morgan fingerprint density at radius 3 is 2.77 bits per heavy atom. The molecule has 0 bridgehead atoms. The molecule has 1 atom stereocenters. The van der Waals surface area contributed by atoms with Crippen LogP contribution < -0.4 is 5.32 Å². The molecular weight excluding hydrogens is 287 g/mol. The summed E-state index contributed by atoms with van der Waals surface area (Å²) in [4.78, 5) is 25.7. The van der Waals surface area contributed by atoms with E-state index in [0.717, 1.165) is 18.9 Å². The molecule has 0 aromatic heterocycles. The SMILES string of the molecule is CC(C)C(=O)N[C@@H]1CCCN(C(=O)c2c(O)cccc2F)C1. The number of likely N-dealkylation sites (tertiary alicyclic amines) is 1. The lowest BCUT2D eigenvalue weighted by atomic mass is 10.0. The first-order valence-electron chi connectivity index (χ1n) is 7.47. The number of hydrogen-bond donors (Lipinski definition) is 2. The third kappa shape index (κ3) is 3.55. The van der Waals surface area contributed by atoms with Crippen molar-refractivity contribution in [3.8, 4) is 5.75 Å². The summed E-state index contributed by atoms with van der Waals surface area (Å²) in [5, 5.41) is 12.6. The lowest BCUT2D eigenvalue weighted by Crippen LogP contribution is -2.50. The highest BCUT2D eigenvalue weighted by Crippen LogP contribution is 2.23. The van der Waals surface area contributed by atoms with Crippen LogP contribution in [0.5, 0.6) is 5.75 Å². The second-order valence-electron chi connectivity index (χ2n) is 5.89. The number of halogens is 1. The van der Waals surface area contributed by atoms with Gasteiger partial charge in [-0.15, -0.1) is 0 Å². The van der Waals surface area contributed by atoms with Crippen LogP contribution in [0.1, 0.15) is 37.0 Å². The first-order valence-corrected chi connectivity index (χ1v) is 7.47. The average molecular weight is 308 g/mol. The number of phenols is 1. The Morgan fingerprint density at radius 1 is 1.41 bits per heavy atom. The number of hydrogen-bond acceptors (Lipinski definition) is 3. The van der Waals surface area contributed by atoms with E-state index in [9.17, 15) is 19.1 Å². The van der Waals surface area contributed by atoms with Crippen molar-refractivity contribution in [3.05, 3.63) is 29.6 Å². The van der Waals surface area contributed by atoms with E-state index in [1.807, 2.05) is 0 Å². The lowest BCUT2D eigenvalue weighted by molar-refractivity contribution is -0.125. The number of nitrogens with one attached hydrogen (secondary N) is 1. The molecular formula is C16H21FN2O3. The molecule has 0 saturated carbocycles. The summed E-state index contributed by atoms with van der Waals surface area (Å²) in [5.74, 6) is -1.83. The van der Waals surface area contributed by atoms with Gasteiger partial charge in [-0.2, -0.15) is 0 Å². The minimum absolute atomic E-state index is 0.0620. The molecule has 1 aromatic rings. The smallest absolute Gasteiger partial charge is 0.260 e. The van der Waals surface area contributed by atoms with E-state index in [2.05, 4.69) is 5.32 Å². The van der Waals surface area contributed by atoms with Crippen molar-refractivity contribution in [1.29, 1.82) is 0 Å². The van der Waals surface area contributed by atoms with Crippen molar-refractivity contribution in [2.24, 2.45) is 5.92 Å². The predicted molar refractivity (Wildman–Crippen MR) is 80.0 cm³/mol. The van der Waals surface area contributed by atoms with Gasteiger partial charge in [-0.05, 0) is 25.0 Å². The van der Waals surface area contributed by atoms with Gasteiger partial charge in [0.2, 0.25) is 5.91 Å². The second-order valence-corrected chi connectivity index (χ2v) is 5.89. The van der Waals surface area contributed by atoms with Gasteiger partial charge in [0, 0.05) is 25.0 Å². The second kappa shape index (κ2) is 6.77. The number of rotatable bonds is 3. The van der Waals surface area contributed by atoms with Crippen molar-refractivity contribution in [1.82, 2.24) is 10.2 Å². The number of benzene rings is 1. The van der Waals surface area contributed by atoms with Crippen LogP contribution in [0.4, 0.5) is 4.39 Å². The van der Waals surface area contributed by atoms with Gasteiger partial charge in [0.1, 0.15) is 17.1 Å². The number of carbonyl (C=O) groups excluding carboxylic acids is 2. The molecule has 120 valence electrons. The fraction of sp³-hybridized carbons (Fsp3) is 0.500. The third-order valence-electron chi connectivity index (χ3n) is 3.78. The highest BCUT2D eigenvalue weighted by atomic mass is 19.1. The standard InChI is InChI=1S/C16H21FN2O3/c1-10(2)15(21)18-11-5-4-8-19(9-11)16(22)14-12(17)6-3-7-13(14)20/h3,6-7,10-11,20H,4-5,8-9H2,1-2H3,(H,18,21)/t11-/m1/s1. The van der Waals surface area contributed by atoms with Gasteiger partial charge in [0.05, 0.1) is 0 Å². The Kier molecular flexibility index (Phi) is 5.00. The highest BCUT2D eigenvalue weighted by Gasteiger charge is 2.28. The zero-order chi connectivity index (χ0) is 16.3. The van der Waals surface area contributed by atoms with Crippen LogP contribution in [0.25, 0.3) is 0 Å². The Bertz CT molecular complexity index is 554. The van der Waals surface area contributed by atoms with E-state index in [1.54, 1.807) is 13.8 Å². The van der Waals surface area contributed by atoms with Crippen LogP contribution in [0.15, 0.2) is 18.2 Å². The fourth-order valence-corrected chi connectivity index (χ4v) is 2.53. The van der Waals surface area contributed by atoms with Crippen molar-refractivity contribution >= 4 is 11.8 Å². The van der Waals surface area contributed by atoms with Crippen LogP contribution in [0.2, 0.25) is 0 Å². The number of phenolic OH excluding ortho intramolecular Hbond substituents is 1. The minimum Gasteiger partial charge on any atom is -0.507 e. The summed E-state index contributed by atoms with van der Waals surface area (Å²) in [7, 11) is 0. The van der Waals surface area contributed by atoms with Crippen LogP contribution in [-0.2, 0) is 4.79 Å². The zero-order valence-electron chi connectivity index (χ0n) is 12.8. The van der Waals surface area contributed by atoms with Crippen LogP contribution in [-0.4, -0.2) is 41.0 Å². The quantitative estimate of drug-likeness (QED) is 0.896. The Labute approximate surface area is 129 Å². The number of carbonyl (C=O) groups is 2.